The van der Waals surface area contributed by atoms with Crippen LogP contribution in [0.15, 0.2) is 30.3 Å². The fourth-order valence-electron chi connectivity index (χ4n) is 1.63. The largest absolute Gasteiger partial charge is 0.364 e. The number of hydrogen-bond donors (Lipinski definition) is 1. The van der Waals surface area contributed by atoms with Crippen molar-refractivity contribution in [3.8, 4) is 0 Å². The maximum Gasteiger partial charge on any atom is 0.280 e. The third-order valence-corrected chi connectivity index (χ3v) is 2.16. The smallest absolute Gasteiger partial charge is 0.280 e. The van der Waals surface area contributed by atoms with Crippen molar-refractivity contribution in [3.63, 3.8) is 0 Å². The van der Waals surface area contributed by atoms with Crippen LogP contribution in [0.3, 0.4) is 0 Å². The van der Waals surface area contributed by atoms with Gasteiger partial charge in [-0.1, -0.05) is 30.3 Å². The molecular weight excluding hydrogens is 176 g/mol. The summed E-state index contributed by atoms with van der Waals surface area (Å²) in [6, 6.07) is 9.34. The number of rotatable bonds is 3. The van der Waals surface area contributed by atoms with Gasteiger partial charge in [-0.3, -0.25) is 4.79 Å². The van der Waals surface area contributed by atoms with Crippen LogP contribution in [-0.4, -0.2) is 31.5 Å². The Bertz CT molecular complexity index is 314. The molecule has 1 atom stereocenters. The average Bonchev–Trinajstić information content (AvgIpc) is 2.02. The SMILES string of the molecule is C[N+](C)(C)[C@H](C(N)=O)c1ccccc1. The molecule has 0 saturated carbocycles. The third kappa shape index (κ3) is 2.33. The van der Waals surface area contributed by atoms with Gasteiger partial charge in [-0.05, 0) is 0 Å². The summed E-state index contributed by atoms with van der Waals surface area (Å²) in [4.78, 5) is 11.4. The molecule has 0 spiro atoms. The second-order valence-electron chi connectivity index (χ2n) is 4.33. The number of primary amides is 1. The van der Waals surface area contributed by atoms with Gasteiger partial charge in [0.25, 0.3) is 5.91 Å². The molecule has 3 heteroatoms. The molecule has 1 amide bonds. The van der Waals surface area contributed by atoms with Gasteiger partial charge in [0.2, 0.25) is 0 Å². The number of nitrogens with two attached hydrogens (primary N) is 1. The Hall–Kier alpha value is -1.35. The van der Waals surface area contributed by atoms with Crippen LogP contribution in [0, 0.1) is 0 Å². The van der Waals surface area contributed by atoms with Gasteiger partial charge < -0.3 is 10.2 Å². The molecule has 1 rings (SSSR count). The molecule has 0 aliphatic heterocycles. The van der Waals surface area contributed by atoms with Crippen LogP contribution in [0.4, 0.5) is 0 Å². The van der Waals surface area contributed by atoms with E-state index in [1.807, 2.05) is 51.5 Å². The summed E-state index contributed by atoms with van der Waals surface area (Å²) in [5.41, 5.74) is 6.37. The maximum atomic E-state index is 11.4. The van der Waals surface area contributed by atoms with Gasteiger partial charge in [-0.2, -0.15) is 0 Å². The third-order valence-electron chi connectivity index (χ3n) is 2.16. The van der Waals surface area contributed by atoms with Crippen molar-refractivity contribution in [2.75, 3.05) is 21.1 Å². The number of carbonyl (C=O) groups is 1. The molecule has 1 aromatic carbocycles. The number of quaternary nitrogens is 1. The molecular formula is C11H17N2O+. The van der Waals surface area contributed by atoms with Gasteiger partial charge in [-0.15, -0.1) is 0 Å². The zero-order valence-corrected chi connectivity index (χ0v) is 8.90. The predicted molar refractivity (Wildman–Crippen MR) is 56.4 cm³/mol. The Balaban J connectivity index is 3.08. The van der Waals surface area contributed by atoms with E-state index in [0.29, 0.717) is 4.48 Å². The van der Waals surface area contributed by atoms with Gasteiger partial charge in [0.05, 0.1) is 21.1 Å². The fourth-order valence-corrected chi connectivity index (χ4v) is 1.63. The van der Waals surface area contributed by atoms with E-state index in [2.05, 4.69) is 0 Å². The maximum absolute atomic E-state index is 11.4. The van der Waals surface area contributed by atoms with Crippen LogP contribution in [0.1, 0.15) is 11.6 Å². The van der Waals surface area contributed by atoms with Crippen LogP contribution in [0.5, 0.6) is 0 Å². The zero-order chi connectivity index (χ0) is 10.8. The number of carbonyl (C=O) groups excluding carboxylic acids is 1. The van der Waals surface area contributed by atoms with Gasteiger partial charge in [0.15, 0.2) is 6.04 Å². The van der Waals surface area contributed by atoms with Crippen molar-refractivity contribution in [1.29, 1.82) is 0 Å². The van der Waals surface area contributed by atoms with E-state index in [9.17, 15) is 4.79 Å². The van der Waals surface area contributed by atoms with Crippen molar-refractivity contribution < 1.29 is 9.28 Å². The topological polar surface area (TPSA) is 43.1 Å². The average molecular weight is 193 g/mol. The van der Waals surface area contributed by atoms with E-state index in [4.69, 9.17) is 5.73 Å². The predicted octanol–water partition coefficient (Wildman–Crippen LogP) is 0.919. The molecule has 0 unspecified atom stereocenters. The molecule has 0 aliphatic rings. The molecule has 2 N–H and O–H groups in total. The Kier molecular flexibility index (Phi) is 2.91. The van der Waals surface area contributed by atoms with Crippen LogP contribution in [-0.2, 0) is 4.79 Å². The number of nitrogens with zero attached hydrogens (tertiary/aromatic N) is 1. The van der Waals surface area contributed by atoms with Crippen LogP contribution < -0.4 is 5.73 Å². The molecule has 0 saturated heterocycles. The van der Waals surface area contributed by atoms with Crippen molar-refractivity contribution in [3.05, 3.63) is 35.9 Å². The minimum atomic E-state index is -0.288. The molecule has 76 valence electrons. The quantitative estimate of drug-likeness (QED) is 0.713. The number of hydrogen-bond acceptors (Lipinski definition) is 1. The fraction of sp³-hybridized carbons (Fsp3) is 0.364. The first-order chi connectivity index (χ1) is 6.43. The second-order valence-corrected chi connectivity index (χ2v) is 4.33. The Morgan fingerprint density at radius 3 is 2.07 bits per heavy atom. The molecule has 0 aromatic heterocycles. The van der Waals surface area contributed by atoms with Gasteiger partial charge >= 0.3 is 0 Å². The molecule has 14 heavy (non-hydrogen) atoms. The number of benzene rings is 1. The summed E-state index contributed by atoms with van der Waals surface area (Å²) in [6.45, 7) is 0. The lowest BCUT2D eigenvalue weighted by Crippen LogP contribution is -2.45. The first-order valence-corrected chi connectivity index (χ1v) is 4.58. The van der Waals surface area contributed by atoms with E-state index >= 15 is 0 Å². The van der Waals surface area contributed by atoms with Crippen LogP contribution >= 0.6 is 0 Å². The highest BCUT2D eigenvalue weighted by Gasteiger charge is 2.30. The van der Waals surface area contributed by atoms with Crippen LogP contribution in [0.2, 0.25) is 0 Å². The van der Waals surface area contributed by atoms with Gasteiger partial charge in [-0.25, -0.2) is 0 Å². The lowest BCUT2D eigenvalue weighted by Gasteiger charge is -2.31. The van der Waals surface area contributed by atoms with Gasteiger partial charge in [0.1, 0.15) is 0 Å². The Labute approximate surface area is 84.7 Å². The molecule has 3 nitrogen and oxygen atoms in total. The van der Waals surface area contributed by atoms with E-state index < -0.39 is 0 Å². The summed E-state index contributed by atoms with van der Waals surface area (Å²) in [5.74, 6) is -0.288. The molecule has 1 aromatic rings. The normalized spacial score (nSPS) is 13.6. The Morgan fingerprint density at radius 2 is 1.71 bits per heavy atom. The van der Waals surface area contributed by atoms with Crippen molar-refractivity contribution >= 4 is 5.91 Å². The molecule has 0 bridgehead atoms. The summed E-state index contributed by atoms with van der Waals surface area (Å²) >= 11 is 0. The number of likely N-dealkylation sites (N-methyl/N-ethyl adjacent to an activating group) is 1. The Morgan fingerprint density at radius 1 is 1.21 bits per heavy atom. The number of amides is 1. The lowest BCUT2D eigenvalue weighted by molar-refractivity contribution is -0.892. The van der Waals surface area contributed by atoms with Crippen LogP contribution in [0.25, 0.3) is 0 Å². The molecule has 0 fully saturated rings. The highest BCUT2D eigenvalue weighted by Crippen LogP contribution is 2.22. The van der Waals surface area contributed by atoms with E-state index in [1.165, 1.54) is 0 Å². The standard InChI is InChI=1S/C11H16N2O/c1-13(2,3)10(11(12)14)9-7-5-4-6-8-9/h4-8,10H,1-3H3,(H-,12,14)/p+1/t10-/m0/s1. The summed E-state index contributed by atoms with van der Waals surface area (Å²) < 4.78 is 0.513. The molecule has 0 heterocycles. The van der Waals surface area contributed by atoms with E-state index in [-0.39, 0.29) is 11.9 Å². The summed E-state index contributed by atoms with van der Waals surface area (Å²) in [6.07, 6.45) is 0. The first kappa shape index (κ1) is 10.7. The second kappa shape index (κ2) is 3.80. The summed E-state index contributed by atoms with van der Waals surface area (Å²) in [5, 5.41) is 0. The zero-order valence-electron chi connectivity index (χ0n) is 8.90. The van der Waals surface area contributed by atoms with E-state index in [0.717, 1.165) is 5.56 Å². The highest BCUT2D eigenvalue weighted by molar-refractivity contribution is 5.80. The minimum Gasteiger partial charge on any atom is -0.364 e. The molecule has 0 radical (unpaired) electrons. The monoisotopic (exact) mass is 193 g/mol. The van der Waals surface area contributed by atoms with Crippen molar-refractivity contribution in [2.24, 2.45) is 5.73 Å². The summed E-state index contributed by atoms with van der Waals surface area (Å²) in [7, 11) is 5.88. The van der Waals surface area contributed by atoms with Gasteiger partial charge in [0, 0.05) is 5.56 Å². The van der Waals surface area contributed by atoms with E-state index in [1.54, 1.807) is 0 Å². The highest BCUT2D eigenvalue weighted by atomic mass is 16.1. The van der Waals surface area contributed by atoms with Crippen molar-refractivity contribution in [2.45, 2.75) is 6.04 Å². The minimum absolute atomic E-state index is 0.281. The first-order valence-electron chi connectivity index (χ1n) is 4.58. The molecule has 0 aliphatic carbocycles. The van der Waals surface area contributed by atoms with Crippen molar-refractivity contribution in [1.82, 2.24) is 0 Å². The lowest BCUT2D eigenvalue weighted by atomic mass is 10.0.